The largest absolute Gasteiger partial charge is 0.495 e. The third kappa shape index (κ3) is 4.64. The molecule has 0 aromatic heterocycles. The molecule has 0 saturated heterocycles. The average molecular weight is 402 g/mol. The van der Waals surface area contributed by atoms with Gasteiger partial charge in [0.1, 0.15) is 17.6 Å². The highest BCUT2D eigenvalue weighted by Gasteiger charge is 2.33. The van der Waals surface area contributed by atoms with E-state index in [4.69, 9.17) is 16.3 Å². The summed E-state index contributed by atoms with van der Waals surface area (Å²) in [5.74, 6) is -1.48. The van der Waals surface area contributed by atoms with Crippen molar-refractivity contribution in [3.63, 3.8) is 0 Å². The van der Waals surface area contributed by atoms with Crippen molar-refractivity contribution >= 4 is 33.3 Å². The Hall–Kier alpha value is -2.32. The summed E-state index contributed by atoms with van der Waals surface area (Å²) in [5.41, 5.74) is 0.569. The number of aliphatic carboxylic acids is 1. The van der Waals surface area contributed by atoms with Gasteiger partial charge in [-0.2, -0.15) is 0 Å². The minimum Gasteiger partial charge on any atom is -0.495 e. The highest BCUT2D eigenvalue weighted by Crippen LogP contribution is 2.28. The Labute approximate surface area is 155 Å². The fraction of sp³-hybridized carbons (Fsp3) is 0.235. The zero-order valence-corrected chi connectivity index (χ0v) is 15.6. The molecule has 9 heteroatoms. The monoisotopic (exact) mass is 401 g/mol. The summed E-state index contributed by atoms with van der Waals surface area (Å²) in [6, 6.07) is 7.82. The van der Waals surface area contributed by atoms with Gasteiger partial charge in [0.25, 0.3) is 0 Å². The second-order valence-corrected chi connectivity index (χ2v) is 7.83. The van der Waals surface area contributed by atoms with Crippen LogP contribution in [0.3, 0.4) is 0 Å². The van der Waals surface area contributed by atoms with E-state index < -0.39 is 27.9 Å². The van der Waals surface area contributed by atoms with Gasteiger partial charge in [0.2, 0.25) is 10.0 Å². The van der Waals surface area contributed by atoms with Gasteiger partial charge < -0.3 is 9.84 Å². The number of carboxylic acid groups (broad SMARTS) is 1. The summed E-state index contributed by atoms with van der Waals surface area (Å²) in [4.78, 5) is 11.8. The van der Waals surface area contributed by atoms with Crippen molar-refractivity contribution in [3.8, 4) is 5.75 Å². The van der Waals surface area contributed by atoms with Crippen LogP contribution in [0.4, 0.5) is 10.1 Å². The van der Waals surface area contributed by atoms with Crippen molar-refractivity contribution in [2.75, 3.05) is 17.7 Å². The van der Waals surface area contributed by atoms with E-state index in [1.165, 1.54) is 25.3 Å². The molecule has 0 aliphatic rings. The zero-order valence-electron chi connectivity index (χ0n) is 14.0. The van der Waals surface area contributed by atoms with Gasteiger partial charge in [-0.25, -0.2) is 17.6 Å². The topological polar surface area (TPSA) is 83.9 Å². The van der Waals surface area contributed by atoms with E-state index in [2.05, 4.69) is 0 Å². The lowest BCUT2D eigenvalue weighted by Crippen LogP contribution is -2.46. The van der Waals surface area contributed by atoms with Gasteiger partial charge in [0.05, 0.1) is 24.1 Å². The fourth-order valence-electron chi connectivity index (χ4n) is 2.52. The Morgan fingerprint density at radius 2 is 1.88 bits per heavy atom. The SMILES string of the molecule is COc1ccc(CC(C(=O)O)N(c2ccc(F)cc2)S(C)(=O)=O)cc1Cl. The summed E-state index contributed by atoms with van der Waals surface area (Å²) >= 11 is 6.05. The summed E-state index contributed by atoms with van der Waals surface area (Å²) in [5, 5.41) is 9.90. The molecule has 26 heavy (non-hydrogen) atoms. The van der Waals surface area contributed by atoms with E-state index >= 15 is 0 Å². The number of halogens is 2. The molecule has 0 heterocycles. The lowest BCUT2D eigenvalue weighted by molar-refractivity contribution is -0.138. The van der Waals surface area contributed by atoms with Crippen LogP contribution in [0.1, 0.15) is 5.56 Å². The molecular weight excluding hydrogens is 385 g/mol. The number of nitrogens with zero attached hydrogens (tertiary/aromatic N) is 1. The number of hydrogen-bond donors (Lipinski definition) is 1. The molecule has 2 aromatic carbocycles. The van der Waals surface area contributed by atoms with E-state index in [0.717, 1.165) is 22.7 Å². The zero-order chi connectivity index (χ0) is 19.5. The Balaban J connectivity index is 2.46. The molecule has 140 valence electrons. The van der Waals surface area contributed by atoms with E-state index in [9.17, 15) is 22.7 Å². The number of anilines is 1. The van der Waals surface area contributed by atoms with Gasteiger partial charge in [-0.3, -0.25) is 4.31 Å². The summed E-state index contributed by atoms with van der Waals surface area (Å²) in [7, 11) is -2.50. The first kappa shape index (κ1) is 20.0. The maximum absolute atomic E-state index is 13.2. The molecule has 0 saturated carbocycles. The maximum atomic E-state index is 13.2. The van der Waals surface area contributed by atoms with Crippen LogP contribution in [0.2, 0.25) is 5.02 Å². The number of methoxy groups -OCH3 is 1. The third-order valence-electron chi connectivity index (χ3n) is 3.65. The van der Waals surface area contributed by atoms with Crippen LogP contribution in [0.15, 0.2) is 42.5 Å². The van der Waals surface area contributed by atoms with Crippen LogP contribution >= 0.6 is 11.6 Å². The molecule has 0 bridgehead atoms. The number of sulfonamides is 1. The van der Waals surface area contributed by atoms with Gasteiger partial charge in [-0.1, -0.05) is 17.7 Å². The van der Waals surface area contributed by atoms with E-state index in [1.807, 2.05) is 0 Å². The number of ether oxygens (including phenoxy) is 1. The van der Waals surface area contributed by atoms with E-state index in [1.54, 1.807) is 12.1 Å². The summed E-state index contributed by atoms with van der Waals surface area (Å²) in [6.07, 6.45) is 0.761. The van der Waals surface area contributed by atoms with Crippen LogP contribution in [0, 0.1) is 5.82 Å². The fourth-order valence-corrected chi connectivity index (χ4v) is 3.93. The lowest BCUT2D eigenvalue weighted by Gasteiger charge is -2.29. The maximum Gasteiger partial charge on any atom is 0.327 e. The quantitative estimate of drug-likeness (QED) is 0.771. The molecular formula is C17H17ClFNO5S. The molecule has 1 atom stereocenters. The normalized spacial score (nSPS) is 12.5. The van der Waals surface area contributed by atoms with Gasteiger partial charge in [-0.05, 0) is 42.0 Å². The third-order valence-corrected chi connectivity index (χ3v) is 5.13. The summed E-state index contributed by atoms with van der Waals surface area (Å²) < 4.78 is 43.4. The molecule has 2 aromatic rings. The predicted molar refractivity (Wildman–Crippen MR) is 96.9 cm³/mol. The van der Waals surface area contributed by atoms with E-state index in [0.29, 0.717) is 11.3 Å². The van der Waals surface area contributed by atoms with Crippen LogP contribution < -0.4 is 9.04 Å². The van der Waals surface area contributed by atoms with Crippen molar-refractivity contribution in [1.82, 2.24) is 0 Å². The Morgan fingerprint density at radius 1 is 1.27 bits per heavy atom. The van der Waals surface area contributed by atoms with E-state index in [-0.39, 0.29) is 17.1 Å². The number of rotatable bonds is 7. The van der Waals surface area contributed by atoms with Crippen LogP contribution in [-0.4, -0.2) is 38.9 Å². The van der Waals surface area contributed by atoms with Gasteiger partial charge in [0, 0.05) is 6.42 Å². The van der Waals surface area contributed by atoms with Crippen molar-refractivity contribution < 1.29 is 27.4 Å². The number of carbonyl (C=O) groups is 1. The highest BCUT2D eigenvalue weighted by molar-refractivity contribution is 7.92. The number of hydrogen-bond acceptors (Lipinski definition) is 4. The summed E-state index contributed by atoms with van der Waals surface area (Å²) in [6.45, 7) is 0. The predicted octanol–water partition coefficient (Wildman–Crippen LogP) is 2.95. The Bertz CT molecular complexity index is 902. The first-order valence-corrected chi connectivity index (χ1v) is 9.66. The van der Waals surface area contributed by atoms with Gasteiger partial charge in [-0.15, -0.1) is 0 Å². The molecule has 0 aliphatic heterocycles. The standard InChI is InChI=1S/C17H17ClFNO5S/c1-25-16-8-3-11(9-14(16)18)10-15(17(21)22)20(26(2,23)24)13-6-4-12(19)5-7-13/h3-9,15H,10H2,1-2H3,(H,21,22). The molecule has 2 rings (SSSR count). The second-order valence-electron chi connectivity index (χ2n) is 5.56. The molecule has 0 amide bonds. The van der Waals surface area contributed by atoms with Crippen LogP contribution in [0.25, 0.3) is 0 Å². The van der Waals surface area contributed by atoms with Crippen molar-refractivity contribution in [2.45, 2.75) is 12.5 Å². The molecule has 0 radical (unpaired) electrons. The Morgan fingerprint density at radius 3 is 2.35 bits per heavy atom. The van der Waals surface area contributed by atoms with Gasteiger partial charge >= 0.3 is 5.97 Å². The van der Waals surface area contributed by atoms with Crippen LogP contribution in [-0.2, 0) is 21.2 Å². The molecule has 1 unspecified atom stereocenters. The minimum absolute atomic E-state index is 0.0564. The average Bonchev–Trinajstić information content (AvgIpc) is 2.55. The smallest absolute Gasteiger partial charge is 0.327 e. The Kier molecular flexibility index (Phi) is 6.09. The second kappa shape index (κ2) is 7.92. The van der Waals surface area contributed by atoms with Crippen molar-refractivity contribution in [1.29, 1.82) is 0 Å². The number of carboxylic acids is 1. The highest BCUT2D eigenvalue weighted by atomic mass is 35.5. The minimum atomic E-state index is -3.95. The van der Waals surface area contributed by atoms with Crippen molar-refractivity contribution in [2.24, 2.45) is 0 Å². The molecule has 6 nitrogen and oxygen atoms in total. The molecule has 0 aliphatic carbocycles. The molecule has 0 spiro atoms. The first-order valence-electron chi connectivity index (χ1n) is 7.43. The van der Waals surface area contributed by atoms with Crippen LogP contribution in [0.5, 0.6) is 5.75 Å². The lowest BCUT2D eigenvalue weighted by atomic mass is 10.1. The molecule has 0 fully saturated rings. The first-order chi connectivity index (χ1) is 12.1. The van der Waals surface area contributed by atoms with Crippen molar-refractivity contribution in [3.05, 3.63) is 58.9 Å². The number of benzene rings is 2. The molecule has 1 N–H and O–H groups in total. The van der Waals surface area contributed by atoms with Gasteiger partial charge in [0.15, 0.2) is 0 Å².